The molecule has 20 heavy (non-hydrogen) atoms. The fourth-order valence-electron chi connectivity index (χ4n) is 1.94. The van der Waals surface area contributed by atoms with Gasteiger partial charge in [-0.15, -0.1) is 35.3 Å². The number of unbranched alkanes of at least 4 members (excludes halogenated alkanes) is 1. The van der Waals surface area contributed by atoms with Gasteiger partial charge in [-0.1, -0.05) is 33.3 Å². The molecule has 0 saturated carbocycles. The van der Waals surface area contributed by atoms with Crippen LogP contribution in [0.1, 0.15) is 38.5 Å². The first kappa shape index (κ1) is 19.7. The molecule has 0 aromatic carbocycles. The van der Waals surface area contributed by atoms with E-state index in [-0.39, 0.29) is 29.4 Å². The van der Waals surface area contributed by atoms with Crippen molar-refractivity contribution in [3.05, 3.63) is 22.4 Å². The van der Waals surface area contributed by atoms with Crippen LogP contribution < -0.4 is 5.32 Å². The van der Waals surface area contributed by atoms with Gasteiger partial charge >= 0.3 is 0 Å². The zero-order valence-electron chi connectivity index (χ0n) is 13.3. The van der Waals surface area contributed by atoms with Crippen LogP contribution in [0.3, 0.4) is 0 Å². The van der Waals surface area contributed by atoms with Crippen molar-refractivity contribution < 1.29 is 0 Å². The summed E-state index contributed by atoms with van der Waals surface area (Å²) in [6.07, 6.45) is 2.41. The van der Waals surface area contributed by atoms with Crippen LogP contribution in [0.15, 0.2) is 22.5 Å². The van der Waals surface area contributed by atoms with Crippen molar-refractivity contribution in [2.24, 2.45) is 4.99 Å². The Balaban J connectivity index is 0.00000361. The predicted molar refractivity (Wildman–Crippen MR) is 102 cm³/mol. The molecule has 0 saturated heterocycles. The van der Waals surface area contributed by atoms with Crippen molar-refractivity contribution in [2.75, 3.05) is 27.2 Å². The quantitative estimate of drug-likeness (QED) is 0.438. The van der Waals surface area contributed by atoms with Gasteiger partial charge in [0.05, 0.1) is 0 Å². The number of halogens is 1. The van der Waals surface area contributed by atoms with E-state index in [0.29, 0.717) is 0 Å². The molecule has 1 aromatic rings. The van der Waals surface area contributed by atoms with Gasteiger partial charge in [-0.25, -0.2) is 0 Å². The van der Waals surface area contributed by atoms with Crippen LogP contribution in [0.4, 0.5) is 0 Å². The molecule has 0 aliphatic heterocycles. The van der Waals surface area contributed by atoms with Crippen molar-refractivity contribution in [2.45, 2.75) is 39.0 Å². The van der Waals surface area contributed by atoms with Gasteiger partial charge in [0.25, 0.3) is 0 Å². The van der Waals surface area contributed by atoms with E-state index in [1.165, 1.54) is 17.7 Å². The lowest BCUT2D eigenvalue weighted by molar-refractivity contribution is 0.445. The second-order valence-electron chi connectivity index (χ2n) is 5.54. The molecule has 5 heteroatoms. The van der Waals surface area contributed by atoms with Gasteiger partial charge in [-0.2, -0.15) is 0 Å². The molecular formula is C15H28IN3S. The summed E-state index contributed by atoms with van der Waals surface area (Å²) in [5, 5.41) is 5.63. The standard InChI is InChI=1S/C15H27N3S.HI/c1-6-7-10-18(5)14(16-4)17-12-15(2,3)13-9-8-11-19-13;/h8-9,11H,6-7,10,12H2,1-5H3,(H,16,17);1H. The summed E-state index contributed by atoms with van der Waals surface area (Å²) >= 11 is 1.82. The molecule has 0 amide bonds. The zero-order valence-corrected chi connectivity index (χ0v) is 16.4. The molecule has 1 rings (SSSR count). The first-order valence-electron chi connectivity index (χ1n) is 6.97. The number of rotatable bonds is 6. The average molecular weight is 409 g/mol. The van der Waals surface area contributed by atoms with Crippen molar-refractivity contribution >= 4 is 41.3 Å². The second-order valence-corrected chi connectivity index (χ2v) is 6.48. The minimum atomic E-state index is 0. The first-order valence-corrected chi connectivity index (χ1v) is 7.85. The third kappa shape index (κ3) is 5.99. The summed E-state index contributed by atoms with van der Waals surface area (Å²) in [5.41, 5.74) is 0.135. The molecule has 3 nitrogen and oxygen atoms in total. The Bertz CT molecular complexity index is 388. The van der Waals surface area contributed by atoms with Crippen LogP contribution in [0.2, 0.25) is 0 Å². The van der Waals surface area contributed by atoms with E-state index in [2.05, 4.69) is 60.5 Å². The Labute approximate surface area is 144 Å². The second kappa shape index (κ2) is 9.60. The van der Waals surface area contributed by atoms with Crippen LogP contribution in [-0.2, 0) is 5.41 Å². The molecular weight excluding hydrogens is 381 g/mol. The predicted octanol–water partition coefficient (Wildman–Crippen LogP) is 3.95. The molecule has 1 aromatic heterocycles. The summed E-state index contributed by atoms with van der Waals surface area (Å²) < 4.78 is 0. The summed E-state index contributed by atoms with van der Waals surface area (Å²) in [7, 11) is 3.95. The van der Waals surface area contributed by atoms with Gasteiger partial charge in [-0.3, -0.25) is 4.99 Å². The number of hydrogen-bond acceptors (Lipinski definition) is 2. The number of aliphatic imine (C=N–C) groups is 1. The van der Waals surface area contributed by atoms with Crippen LogP contribution in [-0.4, -0.2) is 38.0 Å². The molecule has 116 valence electrons. The lowest BCUT2D eigenvalue weighted by Gasteiger charge is -2.28. The molecule has 0 bridgehead atoms. The van der Waals surface area contributed by atoms with E-state index in [1.807, 2.05) is 18.4 Å². The van der Waals surface area contributed by atoms with Crippen molar-refractivity contribution in [3.63, 3.8) is 0 Å². The van der Waals surface area contributed by atoms with E-state index in [0.717, 1.165) is 19.0 Å². The number of thiophene rings is 1. The highest BCUT2D eigenvalue weighted by Crippen LogP contribution is 2.26. The third-order valence-electron chi connectivity index (χ3n) is 3.30. The lowest BCUT2D eigenvalue weighted by atomic mass is 9.91. The number of nitrogens with zero attached hydrogens (tertiary/aromatic N) is 2. The van der Waals surface area contributed by atoms with Crippen molar-refractivity contribution in [1.29, 1.82) is 0 Å². The minimum Gasteiger partial charge on any atom is -0.355 e. The van der Waals surface area contributed by atoms with E-state index in [4.69, 9.17) is 0 Å². The van der Waals surface area contributed by atoms with Crippen molar-refractivity contribution in [1.82, 2.24) is 10.2 Å². The Hall–Kier alpha value is -0.300. The smallest absolute Gasteiger partial charge is 0.193 e. The largest absolute Gasteiger partial charge is 0.355 e. The minimum absolute atomic E-state index is 0. The maximum Gasteiger partial charge on any atom is 0.193 e. The highest BCUT2D eigenvalue weighted by molar-refractivity contribution is 14.0. The Kier molecular flexibility index (Phi) is 9.46. The Morgan fingerprint density at radius 2 is 2.15 bits per heavy atom. The monoisotopic (exact) mass is 409 g/mol. The number of guanidine groups is 1. The van der Waals surface area contributed by atoms with Crippen LogP contribution in [0, 0.1) is 0 Å². The molecule has 0 unspecified atom stereocenters. The molecule has 1 heterocycles. The Morgan fingerprint density at radius 1 is 1.45 bits per heavy atom. The van der Waals surface area contributed by atoms with Crippen LogP contribution >= 0.6 is 35.3 Å². The van der Waals surface area contributed by atoms with E-state index in [1.54, 1.807) is 0 Å². The third-order valence-corrected chi connectivity index (χ3v) is 4.53. The maximum absolute atomic E-state index is 4.36. The first-order chi connectivity index (χ1) is 9.01. The van der Waals surface area contributed by atoms with Gasteiger partial charge in [0, 0.05) is 37.5 Å². The topological polar surface area (TPSA) is 27.6 Å². The number of hydrogen-bond donors (Lipinski definition) is 1. The van der Waals surface area contributed by atoms with Crippen LogP contribution in [0.25, 0.3) is 0 Å². The van der Waals surface area contributed by atoms with Crippen molar-refractivity contribution in [3.8, 4) is 0 Å². The van der Waals surface area contributed by atoms with Gasteiger partial charge in [-0.05, 0) is 17.9 Å². The van der Waals surface area contributed by atoms with E-state index < -0.39 is 0 Å². The van der Waals surface area contributed by atoms with Gasteiger partial charge in [0.2, 0.25) is 0 Å². The summed E-state index contributed by atoms with van der Waals surface area (Å²) in [4.78, 5) is 7.97. The lowest BCUT2D eigenvalue weighted by Crippen LogP contribution is -2.44. The summed E-state index contributed by atoms with van der Waals surface area (Å²) in [5.74, 6) is 0.984. The normalized spacial score (nSPS) is 11.9. The molecule has 0 spiro atoms. The summed E-state index contributed by atoms with van der Waals surface area (Å²) in [6, 6.07) is 4.32. The molecule has 0 aliphatic rings. The Morgan fingerprint density at radius 3 is 2.65 bits per heavy atom. The maximum atomic E-state index is 4.36. The molecule has 0 radical (unpaired) electrons. The molecule has 1 N–H and O–H groups in total. The highest BCUT2D eigenvalue weighted by Gasteiger charge is 2.22. The van der Waals surface area contributed by atoms with Gasteiger partial charge in [0.15, 0.2) is 5.96 Å². The van der Waals surface area contributed by atoms with E-state index in [9.17, 15) is 0 Å². The number of nitrogens with one attached hydrogen (secondary N) is 1. The highest BCUT2D eigenvalue weighted by atomic mass is 127. The average Bonchev–Trinajstić information content (AvgIpc) is 2.91. The van der Waals surface area contributed by atoms with Crippen LogP contribution in [0.5, 0.6) is 0 Å². The molecule has 0 fully saturated rings. The fraction of sp³-hybridized carbons (Fsp3) is 0.667. The zero-order chi connectivity index (χ0) is 14.3. The fourth-order valence-corrected chi connectivity index (χ4v) is 2.79. The molecule has 0 atom stereocenters. The van der Waals surface area contributed by atoms with Gasteiger partial charge in [0.1, 0.15) is 0 Å². The summed E-state index contributed by atoms with van der Waals surface area (Å²) in [6.45, 7) is 8.70. The van der Waals surface area contributed by atoms with E-state index >= 15 is 0 Å². The molecule has 0 aliphatic carbocycles. The SMILES string of the molecule is CCCCN(C)C(=NC)NCC(C)(C)c1cccs1.I. The van der Waals surface area contributed by atoms with Gasteiger partial charge < -0.3 is 10.2 Å².